The van der Waals surface area contributed by atoms with Crippen LogP contribution in [0.15, 0.2) is 10.7 Å². The van der Waals surface area contributed by atoms with Crippen molar-refractivity contribution in [2.75, 3.05) is 25.4 Å². The fourth-order valence-corrected chi connectivity index (χ4v) is 2.38. The zero-order chi connectivity index (χ0) is 17.9. The van der Waals surface area contributed by atoms with Crippen LogP contribution in [0.1, 0.15) is 26.3 Å². The third-order valence-electron chi connectivity index (χ3n) is 3.08. The average molecular weight is 400 g/mol. The van der Waals surface area contributed by atoms with Gasteiger partial charge in [0.2, 0.25) is 0 Å². The summed E-state index contributed by atoms with van der Waals surface area (Å²) in [6.45, 7) is 6.46. The predicted molar refractivity (Wildman–Crippen MR) is 90.7 cm³/mol. The van der Waals surface area contributed by atoms with Gasteiger partial charge in [-0.25, -0.2) is 14.2 Å². The lowest BCUT2D eigenvalue weighted by Crippen LogP contribution is -2.47. The number of hydrogen-bond donors (Lipinski definition) is 1. The number of ether oxygens (including phenoxy) is 2. The summed E-state index contributed by atoms with van der Waals surface area (Å²) in [6, 6.07) is 0. The largest absolute Gasteiger partial charge is 0.444 e. The van der Waals surface area contributed by atoms with Crippen LogP contribution in [-0.2, 0) is 9.47 Å². The monoisotopic (exact) mass is 399 g/mol. The molecule has 0 bridgehead atoms. The standard InChI is InChI=1S/C16H19BrFN3O3/c1-16(2,3)24-15(22)21-6-7-23-10(9-21)4-5-11-13(17)12(18)8-20-14(11)19/h8,10H,6-7,9H2,1-3H3,(H2,19,20). The van der Waals surface area contributed by atoms with Crippen LogP contribution in [0.4, 0.5) is 15.0 Å². The highest BCUT2D eigenvalue weighted by atomic mass is 79.9. The van der Waals surface area contributed by atoms with Crippen LogP contribution in [0.2, 0.25) is 0 Å². The number of hydrogen-bond acceptors (Lipinski definition) is 5. The smallest absolute Gasteiger partial charge is 0.410 e. The number of rotatable bonds is 0. The summed E-state index contributed by atoms with van der Waals surface area (Å²) >= 11 is 3.10. The minimum atomic E-state index is -0.566. The van der Waals surface area contributed by atoms with Gasteiger partial charge in [0.1, 0.15) is 17.5 Å². The summed E-state index contributed by atoms with van der Waals surface area (Å²) in [5.41, 5.74) is 5.41. The van der Waals surface area contributed by atoms with Gasteiger partial charge in [-0.1, -0.05) is 11.8 Å². The fraction of sp³-hybridized carbons (Fsp3) is 0.500. The summed E-state index contributed by atoms with van der Waals surface area (Å²) in [7, 11) is 0. The highest BCUT2D eigenvalue weighted by Crippen LogP contribution is 2.23. The number of pyridine rings is 1. The first-order valence-electron chi connectivity index (χ1n) is 7.38. The average Bonchev–Trinajstić information content (AvgIpc) is 2.50. The molecule has 1 aliphatic rings. The molecule has 0 aromatic carbocycles. The molecule has 1 amide bonds. The van der Waals surface area contributed by atoms with Crippen molar-refractivity contribution in [3.05, 3.63) is 22.1 Å². The zero-order valence-electron chi connectivity index (χ0n) is 13.7. The molecule has 0 radical (unpaired) electrons. The second kappa shape index (κ2) is 7.36. The number of amides is 1. The molecule has 0 spiro atoms. The molecule has 1 fully saturated rings. The van der Waals surface area contributed by atoms with Gasteiger partial charge in [0, 0.05) is 6.54 Å². The van der Waals surface area contributed by atoms with E-state index in [9.17, 15) is 9.18 Å². The van der Waals surface area contributed by atoms with E-state index >= 15 is 0 Å². The summed E-state index contributed by atoms with van der Waals surface area (Å²) in [5, 5.41) is 0. The van der Waals surface area contributed by atoms with E-state index in [0.29, 0.717) is 13.2 Å². The number of nitrogen functional groups attached to an aromatic ring is 1. The lowest BCUT2D eigenvalue weighted by molar-refractivity contribution is -0.0236. The van der Waals surface area contributed by atoms with E-state index in [4.69, 9.17) is 15.2 Å². The third kappa shape index (κ3) is 4.82. The second-order valence-corrected chi connectivity index (χ2v) is 7.03. The molecule has 2 N–H and O–H groups in total. The third-order valence-corrected chi connectivity index (χ3v) is 3.85. The minimum absolute atomic E-state index is 0.121. The van der Waals surface area contributed by atoms with Crippen molar-refractivity contribution in [2.24, 2.45) is 0 Å². The molecule has 1 atom stereocenters. The van der Waals surface area contributed by atoms with E-state index in [1.54, 1.807) is 20.8 Å². The fourth-order valence-electron chi connectivity index (χ4n) is 1.98. The molecule has 130 valence electrons. The molecule has 1 aromatic heterocycles. The van der Waals surface area contributed by atoms with Crippen molar-refractivity contribution in [1.82, 2.24) is 9.88 Å². The highest BCUT2D eigenvalue weighted by Gasteiger charge is 2.27. The minimum Gasteiger partial charge on any atom is -0.444 e. The molecule has 2 rings (SSSR count). The van der Waals surface area contributed by atoms with Gasteiger partial charge in [0.25, 0.3) is 0 Å². The van der Waals surface area contributed by atoms with Gasteiger partial charge in [0.15, 0.2) is 5.82 Å². The Bertz CT molecular complexity index is 694. The van der Waals surface area contributed by atoms with Crippen molar-refractivity contribution >= 4 is 27.8 Å². The predicted octanol–water partition coefficient (Wildman–Crippen LogP) is 2.55. The molecule has 1 saturated heterocycles. The number of aromatic nitrogens is 1. The first-order chi connectivity index (χ1) is 11.2. The van der Waals surface area contributed by atoms with Gasteiger partial charge in [-0.2, -0.15) is 0 Å². The van der Waals surface area contributed by atoms with Gasteiger partial charge < -0.3 is 20.1 Å². The van der Waals surface area contributed by atoms with Crippen molar-refractivity contribution in [3.63, 3.8) is 0 Å². The molecule has 24 heavy (non-hydrogen) atoms. The number of carbonyl (C=O) groups is 1. The molecule has 0 aliphatic carbocycles. The Labute approximate surface area is 148 Å². The van der Waals surface area contributed by atoms with Crippen molar-refractivity contribution in [2.45, 2.75) is 32.5 Å². The molecule has 2 heterocycles. The Kier molecular flexibility index (Phi) is 5.67. The number of morpholine rings is 1. The molecule has 1 unspecified atom stereocenters. The maximum Gasteiger partial charge on any atom is 0.410 e. The Morgan fingerprint density at radius 3 is 2.96 bits per heavy atom. The number of nitrogens with zero attached hydrogens (tertiary/aromatic N) is 2. The van der Waals surface area contributed by atoms with Crippen LogP contribution in [-0.4, -0.2) is 47.4 Å². The van der Waals surface area contributed by atoms with Crippen molar-refractivity contribution in [1.29, 1.82) is 0 Å². The summed E-state index contributed by atoms with van der Waals surface area (Å²) in [4.78, 5) is 17.4. The zero-order valence-corrected chi connectivity index (χ0v) is 15.3. The number of anilines is 1. The van der Waals surface area contributed by atoms with Gasteiger partial charge in [-0.15, -0.1) is 0 Å². The number of halogens is 2. The van der Waals surface area contributed by atoms with Crippen molar-refractivity contribution < 1.29 is 18.7 Å². The van der Waals surface area contributed by atoms with E-state index in [1.807, 2.05) is 0 Å². The molecule has 1 aliphatic heterocycles. The van der Waals surface area contributed by atoms with E-state index in [0.717, 1.165) is 6.20 Å². The summed E-state index contributed by atoms with van der Waals surface area (Å²) in [5.74, 6) is 5.20. The first-order valence-corrected chi connectivity index (χ1v) is 8.17. The van der Waals surface area contributed by atoms with Crippen LogP contribution in [0, 0.1) is 17.7 Å². The first kappa shape index (κ1) is 18.5. The molecule has 8 heteroatoms. The van der Waals surface area contributed by atoms with Crippen molar-refractivity contribution in [3.8, 4) is 11.8 Å². The van der Waals surface area contributed by atoms with E-state index < -0.39 is 23.6 Å². The van der Waals surface area contributed by atoms with Crippen LogP contribution < -0.4 is 5.73 Å². The molecular weight excluding hydrogens is 381 g/mol. The maximum atomic E-state index is 13.5. The van der Waals surface area contributed by atoms with E-state index in [-0.39, 0.29) is 22.4 Å². The SMILES string of the molecule is CC(C)(C)OC(=O)N1CCOC(C#Cc2c(N)ncc(F)c2Br)C1. The number of nitrogens with two attached hydrogens (primary N) is 1. The lowest BCUT2D eigenvalue weighted by Gasteiger charge is -2.32. The highest BCUT2D eigenvalue weighted by molar-refractivity contribution is 9.10. The summed E-state index contributed by atoms with van der Waals surface area (Å²) in [6.07, 6.45) is 0.0953. The Morgan fingerprint density at radius 2 is 2.29 bits per heavy atom. The van der Waals surface area contributed by atoms with E-state index in [1.165, 1.54) is 4.90 Å². The van der Waals surface area contributed by atoms with Gasteiger partial charge >= 0.3 is 6.09 Å². The molecular formula is C16H19BrFN3O3. The maximum absolute atomic E-state index is 13.5. The molecule has 6 nitrogen and oxygen atoms in total. The van der Waals surface area contributed by atoms with Gasteiger partial charge in [-0.3, -0.25) is 0 Å². The Balaban J connectivity index is 2.10. The molecule has 1 aromatic rings. The second-order valence-electron chi connectivity index (χ2n) is 6.24. The van der Waals surface area contributed by atoms with Crippen LogP contribution >= 0.6 is 15.9 Å². The van der Waals surface area contributed by atoms with Crippen LogP contribution in [0.3, 0.4) is 0 Å². The van der Waals surface area contributed by atoms with E-state index in [2.05, 4.69) is 32.8 Å². The topological polar surface area (TPSA) is 77.7 Å². The Hall–Kier alpha value is -1.85. The quantitative estimate of drug-likeness (QED) is 0.678. The van der Waals surface area contributed by atoms with Crippen LogP contribution in [0.25, 0.3) is 0 Å². The van der Waals surface area contributed by atoms with Gasteiger partial charge in [0.05, 0.1) is 29.4 Å². The van der Waals surface area contributed by atoms with Gasteiger partial charge in [-0.05, 0) is 36.7 Å². The Morgan fingerprint density at radius 1 is 1.58 bits per heavy atom. The molecule has 0 saturated carbocycles. The normalized spacial score (nSPS) is 17.9. The lowest BCUT2D eigenvalue weighted by atomic mass is 10.2. The summed E-state index contributed by atoms with van der Waals surface area (Å²) < 4.78 is 24.5. The number of carbonyl (C=O) groups excluding carboxylic acids is 1. The van der Waals surface area contributed by atoms with Crippen LogP contribution in [0.5, 0.6) is 0 Å².